The minimum absolute atomic E-state index is 0.00158. The van der Waals surface area contributed by atoms with Crippen molar-refractivity contribution in [1.29, 1.82) is 0 Å². The largest absolute Gasteiger partial charge is 0.385 e. The molecule has 0 spiro atoms. The fourth-order valence-corrected chi connectivity index (χ4v) is 2.03. The molecule has 0 saturated carbocycles. The quantitative estimate of drug-likeness (QED) is 0.724. The van der Waals surface area contributed by atoms with Gasteiger partial charge in [0.2, 0.25) is 0 Å². The van der Waals surface area contributed by atoms with Gasteiger partial charge in [0.15, 0.2) is 5.78 Å². The lowest BCUT2D eigenvalue weighted by Crippen LogP contribution is -2.21. The van der Waals surface area contributed by atoms with Crippen LogP contribution in [-0.2, 0) is 4.79 Å². The zero-order chi connectivity index (χ0) is 11.3. The van der Waals surface area contributed by atoms with Crippen LogP contribution in [0.1, 0.15) is 46.0 Å². The first-order valence-electron chi connectivity index (χ1n) is 6.02. The highest BCUT2D eigenvalue weighted by Crippen LogP contribution is 2.23. The molecular weight excluding hydrogens is 188 g/mol. The Morgan fingerprint density at radius 2 is 2.20 bits per heavy atom. The Bertz CT molecular complexity index is 233. The van der Waals surface area contributed by atoms with Crippen molar-refractivity contribution in [1.82, 2.24) is 0 Å². The Hall–Kier alpha value is -0.630. The number of allylic oxidation sites excluding steroid dienone is 2. The van der Waals surface area contributed by atoms with Crippen LogP contribution in [0.25, 0.3) is 0 Å². The third-order valence-electron chi connectivity index (χ3n) is 3.17. The first kappa shape index (κ1) is 12.4. The van der Waals surface area contributed by atoms with Crippen molar-refractivity contribution in [2.75, 3.05) is 0 Å². The Balaban J connectivity index is 2.44. The SMILES string of the molecule is CCC(O)C(=O)CC1C=CC(C)CCC1. The lowest BCUT2D eigenvalue weighted by atomic mass is 9.95. The molecule has 0 aliphatic heterocycles. The predicted molar refractivity (Wildman–Crippen MR) is 61.6 cm³/mol. The molecule has 0 saturated heterocycles. The molecule has 1 N–H and O–H groups in total. The molecule has 0 aromatic rings. The van der Waals surface area contributed by atoms with Crippen LogP contribution in [0.2, 0.25) is 0 Å². The van der Waals surface area contributed by atoms with Crippen LogP contribution < -0.4 is 0 Å². The van der Waals surface area contributed by atoms with Crippen molar-refractivity contribution in [2.45, 2.75) is 52.1 Å². The first-order valence-corrected chi connectivity index (χ1v) is 6.02. The Kier molecular flexibility index (Phi) is 5.03. The van der Waals surface area contributed by atoms with Crippen LogP contribution in [0, 0.1) is 11.8 Å². The van der Waals surface area contributed by atoms with E-state index in [1.807, 2.05) is 6.92 Å². The highest BCUT2D eigenvalue weighted by atomic mass is 16.3. The lowest BCUT2D eigenvalue weighted by molar-refractivity contribution is -0.127. The molecule has 0 bridgehead atoms. The summed E-state index contributed by atoms with van der Waals surface area (Å²) in [6.45, 7) is 4.05. The highest BCUT2D eigenvalue weighted by molar-refractivity contribution is 5.83. The summed E-state index contributed by atoms with van der Waals surface area (Å²) < 4.78 is 0. The summed E-state index contributed by atoms with van der Waals surface area (Å²) in [6.07, 6.45) is 8.17. The average molecular weight is 210 g/mol. The Morgan fingerprint density at radius 1 is 1.47 bits per heavy atom. The maximum atomic E-state index is 11.6. The van der Waals surface area contributed by atoms with Gasteiger partial charge in [-0.25, -0.2) is 0 Å². The van der Waals surface area contributed by atoms with E-state index in [-0.39, 0.29) is 5.78 Å². The van der Waals surface area contributed by atoms with E-state index in [0.717, 1.165) is 6.42 Å². The van der Waals surface area contributed by atoms with Gasteiger partial charge in [0.05, 0.1) is 0 Å². The summed E-state index contributed by atoms with van der Waals surface area (Å²) >= 11 is 0. The predicted octanol–water partition coefficient (Wildman–Crippen LogP) is 2.71. The Labute approximate surface area is 92.4 Å². The summed E-state index contributed by atoms with van der Waals surface area (Å²) in [7, 11) is 0. The van der Waals surface area contributed by atoms with Gasteiger partial charge in [-0.15, -0.1) is 0 Å². The number of hydrogen-bond donors (Lipinski definition) is 1. The monoisotopic (exact) mass is 210 g/mol. The van der Waals surface area contributed by atoms with Gasteiger partial charge in [0, 0.05) is 6.42 Å². The van der Waals surface area contributed by atoms with E-state index in [9.17, 15) is 9.90 Å². The smallest absolute Gasteiger partial charge is 0.161 e. The number of ketones is 1. The van der Waals surface area contributed by atoms with Crippen molar-refractivity contribution in [3.8, 4) is 0 Å². The Morgan fingerprint density at radius 3 is 2.87 bits per heavy atom. The number of aliphatic hydroxyl groups excluding tert-OH is 1. The zero-order valence-electron chi connectivity index (χ0n) is 9.78. The molecule has 0 heterocycles. The topological polar surface area (TPSA) is 37.3 Å². The summed E-state index contributed by atoms with van der Waals surface area (Å²) in [6, 6.07) is 0. The fraction of sp³-hybridized carbons (Fsp3) is 0.769. The molecule has 86 valence electrons. The van der Waals surface area contributed by atoms with Crippen molar-refractivity contribution in [2.24, 2.45) is 11.8 Å². The second kappa shape index (κ2) is 6.06. The number of carbonyl (C=O) groups excluding carboxylic acids is 1. The molecule has 3 atom stereocenters. The van der Waals surface area contributed by atoms with Gasteiger partial charge in [0.1, 0.15) is 6.10 Å². The van der Waals surface area contributed by atoms with Crippen molar-refractivity contribution in [3.63, 3.8) is 0 Å². The van der Waals surface area contributed by atoms with Crippen molar-refractivity contribution >= 4 is 5.78 Å². The molecule has 1 aliphatic rings. The molecule has 0 radical (unpaired) electrons. The third kappa shape index (κ3) is 4.17. The van der Waals surface area contributed by atoms with Crippen molar-refractivity contribution in [3.05, 3.63) is 12.2 Å². The fourth-order valence-electron chi connectivity index (χ4n) is 2.03. The van der Waals surface area contributed by atoms with Crippen molar-refractivity contribution < 1.29 is 9.90 Å². The molecule has 3 unspecified atom stereocenters. The van der Waals surface area contributed by atoms with Crippen LogP contribution in [0.3, 0.4) is 0 Å². The average Bonchev–Trinajstić information content (AvgIpc) is 2.42. The summed E-state index contributed by atoms with van der Waals surface area (Å²) in [5.74, 6) is 0.992. The summed E-state index contributed by atoms with van der Waals surface area (Å²) in [5, 5.41) is 9.41. The first-order chi connectivity index (χ1) is 7.13. The van der Waals surface area contributed by atoms with Crippen LogP contribution in [0.15, 0.2) is 12.2 Å². The summed E-state index contributed by atoms with van der Waals surface area (Å²) in [5.41, 5.74) is 0. The second-order valence-corrected chi connectivity index (χ2v) is 4.65. The van der Waals surface area contributed by atoms with Gasteiger partial charge in [-0.2, -0.15) is 0 Å². The number of Topliss-reactive ketones (excluding diaryl/α,β-unsaturated/α-hetero) is 1. The molecule has 1 rings (SSSR count). The van der Waals surface area contributed by atoms with E-state index >= 15 is 0 Å². The molecule has 1 aliphatic carbocycles. The molecule has 15 heavy (non-hydrogen) atoms. The lowest BCUT2D eigenvalue weighted by Gasteiger charge is -2.12. The van der Waals surface area contributed by atoms with E-state index in [4.69, 9.17) is 0 Å². The van der Waals surface area contributed by atoms with Crippen LogP contribution in [0.4, 0.5) is 0 Å². The minimum atomic E-state index is -0.751. The number of rotatable bonds is 4. The molecule has 0 amide bonds. The third-order valence-corrected chi connectivity index (χ3v) is 3.17. The van der Waals surface area contributed by atoms with Crippen LogP contribution >= 0.6 is 0 Å². The molecule has 0 aromatic heterocycles. The molecule has 2 heteroatoms. The van der Waals surface area contributed by atoms with E-state index in [1.54, 1.807) is 0 Å². The van der Waals surface area contributed by atoms with Crippen LogP contribution in [-0.4, -0.2) is 17.0 Å². The maximum absolute atomic E-state index is 11.6. The maximum Gasteiger partial charge on any atom is 0.161 e. The van der Waals surface area contributed by atoms with Crippen LogP contribution in [0.5, 0.6) is 0 Å². The van der Waals surface area contributed by atoms with Gasteiger partial charge in [-0.05, 0) is 31.1 Å². The molecule has 2 nitrogen and oxygen atoms in total. The van der Waals surface area contributed by atoms with E-state index < -0.39 is 6.10 Å². The number of carbonyl (C=O) groups is 1. The minimum Gasteiger partial charge on any atom is -0.385 e. The van der Waals surface area contributed by atoms with Gasteiger partial charge in [-0.1, -0.05) is 32.4 Å². The highest BCUT2D eigenvalue weighted by Gasteiger charge is 2.18. The number of hydrogen-bond acceptors (Lipinski definition) is 2. The second-order valence-electron chi connectivity index (χ2n) is 4.65. The molecule has 0 aromatic carbocycles. The van der Waals surface area contributed by atoms with E-state index in [1.165, 1.54) is 12.8 Å². The van der Waals surface area contributed by atoms with Gasteiger partial charge >= 0.3 is 0 Å². The molecule has 0 fully saturated rings. The summed E-state index contributed by atoms with van der Waals surface area (Å²) in [4.78, 5) is 11.6. The zero-order valence-corrected chi connectivity index (χ0v) is 9.78. The molecular formula is C13H22O2. The van der Waals surface area contributed by atoms with E-state index in [0.29, 0.717) is 24.7 Å². The normalized spacial score (nSPS) is 28.5. The van der Waals surface area contributed by atoms with Gasteiger partial charge in [-0.3, -0.25) is 4.79 Å². The van der Waals surface area contributed by atoms with E-state index in [2.05, 4.69) is 19.1 Å². The number of aliphatic hydroxyl groups is 1. The standard InChI is InChI=1S/C13H22O2/c1-3-12(14)13(15)9-11-6-4-5-10(2)7-8-11/h7-8,10-12,14H,3-6,9H2,1-2H3. The van der Waals surface area contributed by atoms with Gasteiger partial charge < -0.3 is 5.11 Å². The van der Waals surface area contributed by atoms with Gasteiger partial charge in [0.25, 0.3) is 0 Å².